The summed E-state index contributed by atoms with van der Waals surface area (Å²) in [7, 11) is 0. The van der Waals surface area contributed by atoms with Crippen LogP contribution >= 0.6 is 0 Å². The number of carbonyl (C=O) groups is 2. The minimum atomic E-state index is -0.698. The maximum Gasteiger partial charge on any atom is 0.328 e. The molecule has 0 spiro atoms. The van der Waals surface area contributed by atoms with Crippen LogP contribution in [0.4, 0.5) is 4.39 Å². The van der Waals surface area contributed by atoms with Gasteiger partial charge < -0.3 is 14.8 Å². The van der Waals surface area contributed by atoms with E-state index in [1.54, 1.807) is 19.9 Å². The Hall–Kier alpha value is -2.11. The van der Waals surface area contributed by atoms with Crippen LogP contribution in [0.15, 0.2) is 24.3 Å². The summed E-state index contributed by atoms with van der Waals surface area (Å²) in [5.41, 5.74) is 0. The molecule has 1 rings (SSSR count). The largest absolute Gasteiger partial charge is 0.493 e. The minimum Gasteiger partial charge on any atom is -0.493 e. The van der Waals surface area contributed by atoms with Crippen molar-refractivity contribution in [2.75, 3.05) is 13.2 Å². The van der Waals surface area contributed by atoms with Crippen molar-refractivity contribution in [3.05, 3.63) is 30.1 Å². The SMILES string of the molecule is CCOC(=O)C(C)NC(=O)CCOc1cccc(F)c1. The van der Waals surface area contributed by atoms with Gasteiger partial charge in [0.15, 0.2) is 0 Å². The van der Waals surface area contributed by atoms with Crippen molar-refractivity contribution in [3.8, 4) is 5.75 Å². The Balaban J connectivity index is 2.28. The van der Waals surface area contributed by atoms with Gasteiger partial charge in [0.25, 0.3) is 0 Å². The van der Waals surface area contributed by atoms with Crippen LogP contribution in [0, 0.1) is 5.82 Å². The van der Waals surface area contributed by atoms with Gasteiger partial charge in [0.05, 0.1) is 19.6 Å². The zero-order valence-electron chi connectivity index (χ0n) is 11.5. The maximum atomic E-state index is 12.9. The van der Waals surface area contributed by atoms with E-state index in [9.17, 15) is 14.0 Å². The number of rotatable bonds is 7. The Morgan fingerprint density at radius 1 is 1.40 bits per heavy atom. The van der Waals surface area contributed by atoms with E-state index in [1.165, 1.54) is 18.2 Å². The first-order valence-corrected chi connectivity index (χ1v) is 6.37. The Morgan fingerprint density at radius 2 is 2.15 bits per heavy atom. The molecule has 0 fully saturated rings. The van der Waals surface area contributed by atoms with Crippen LogP contribution < -0.4 is 10.1 Å². The molecule has 1 N–H and O–H groups in total. The van der Waals surface area contributed by atoms with Gasteiger partial charge >= 0.3 is 5.97 Å². The molecular formula is C14H18FNO4. The molecule has 0 radical (unpaired) electrons. The molecular weight excluding hydrogens is 265 g/mol. The van der Waals surface area contributed by atoms with E-state index in [-0.39, 0.29) is 25.5 Å². The molecule has 0 saturated carbocycles. The lowest BCUT2D eigenvalue weighted by Crippen LogP contribution is -2.40. The first kappa shape index (κ1) is 15.9. The third-order valence-electron chi connectivity index (χ3n) is 2.41. The molecule has 0 bridgehead atoms. The van der Waals surface area contributed by atoms with E-state index < -0.39 is 17.8 Å². The normalized spacial score (nSPS) is 11.6. The molecule has 6 heteroatoms. The Kier molecular flexibility index (Phi) is 6.49. The van der Waals surface area contributed by atoms with Gasteiger partial charge in [-0.2, -0.15) is 0 Å². The maximum absolute atomic E-state index is 12.9. The summed E-state index contributed by atoms with van der Waals surface area (Å²) < 4.78 is 22.9. The van der Waals surface area contributed by atoms with Crippen LogP contribution in [0.1, 0.15) is 20.3 Å². The van der Waals surface area contributed by atoms with Crippen molar-refractivity contribution in [2.45, 2.75) is 26.3 Å². The van der Waals surface area contributed by atoms with Gasteiger partial charge in [-0.15, -0.1) is 0 Å². The Morgan fingerprint density at radius 3 is 2.80 bits per heavy atom. The van der Waals surface area contributed by atoms with Gasteiger partial charge in [0.2, 0.25) is 5.91 Å². The van der Waals surface area contributed by atoms with E-state index >= 15 is 0 Å². The summed E-state index contributed by atoms with van der Waals surface area (Å²) in [6, 6.07) is 4.96. The average Bonchev–Trinajstić information content (AvgIpc) is 2.39. The molecule has 0 aliphatic carbocycles. The van der Waals surface area contributed by atoms with Crippen molar-refractivity contribution in [3.63, 3.8) is 0 Å². The van der Waals surface area contributed by atoms with Gasteiger partial charge in [0, 0.05) is 6.07 Å². The minimum absolute atomic E-state index is 0.0697. The van der Waals surface area contributed by atoms with Crippen LogP contribution in [0.5, 0.6) is 5.75 Å². The smallest absolute Gasteiger partial charge is 0.328 e. The molecule has 0 aliphatic rings. The highest BCUT2D eigenvalue weighted by atomic mass is 19.1. The van der Waals surface area contributed by atoms with Gasteiger partial charge in [0.1, 0.15) is 17.6 Å². The van der Waals surface area contributed by atoms with Crippen LogP contribution in [0.25, 0.3) is 0 Å². The van der Waals surface area contributed by atoms with E-state index in [0.29, 0.717) is 5.75 Å². The zero-order chi connectivity index (χ0) is 15.0. The molecule has 20 heavy (non-hydrogen) atoms. The second kappa shape index (κ2) is 8.14. The molecule has 0 aromatic heterocycles. The number of halogens is 1. The lowest BCUT2D eigenvalue weighted by Gasteiger charge is -2.12. The molecule has 1 unspecified atom stereocenters. The fraction of sp³-hybridized carbons (Fsp3) is 0.429. The summed E-state index contributed by atoms with van der Waals surface area (Å²) in [4.78, 5) is 22.8. The monoisotopic (exact) mass is 283 g/mol. The summed E-state index contributed by atoms with van der Waals surface area (Å²) in [5.74, 6) is -0.854. The molecule has 0 saturated heterocycles. The quantitative estimate of drug-likeness (QED) is 0.773. The fourth-order valence-electron chi connectivity index (χ4n) is 1.46. The van der Waals surface area contributed by atoms with E-state index in [1.807, 2.05) is 0 Å². The number of benzene rings is 1. The molecule has 0 aliphatic heterocycles. The zero-order valence-corrected chi connectivity index (χ0v) is 11.5. The van der Waals surface area contributed by atoms with Crippen molar-refractivity contribution < 1.29 is 23.5 Å². The van der Waals surface area contributed by atoms with E-state index in [2.05, 4.69) is 5.32 Å². The predicted molar refractivity (Wildman–Crippen MR) is 70.7 cm³/mol. The first-order valence-electron chi connectivity index (χ1n) is 6.37. The highest BCUT2D eigenvalue weighted by Gasteiger charge is 2.16. The van der Waals surface area contributed by atoms with Gasteiger partial charge in [-0.05, 0) is 26.0 Å². The highest BCUT2D eigenvalue weighted by molar-refractivity contribution is 5.84. The van der Waals surface area contributed by atoms with Gasteiger partial charge in [-0.25, -0.2) is 9.18 Å². The van der Waals surface area contributed by atoms with E-state index in [0.717, 1.165) is 0 Å². The Labute approximate surface area is 117 Å². The Bertz CT molecular complexity index is 464. The van der Waals surface area contributed by atoms with Crippen molar-refractivity contribution in [1.82, 2.24) is 5.32 Å². The van der Waals surface area contributed by atoms with Crippen molar-refractivity contribution in [1.29, 1.82) is 0 Å². The third kappa shape index (κ3) is 5.69. The third-order valence-corrected chi connectivity index (χ3v) is 2.41. The molecule has 1 aromatic carbocycles. The number of hydrogen-bond donors (Lipinski definition) is 1. The van der Waals surface area contributed by atoms with Crippen molar-refractivity contribution >= 4 is 11.9 Å². The number of nitrogens with one attached hydrogen (secondary N) is 1. The molecule has 0 heterocycles. The number of hydrogen-bond acceptors (Lipinski definition) is 4. The lowest BCUT2D eigenvalue weighted by molar-refractivity contribution is -0.146. The first-order chi connectivity index (χ1) is 9.52. The van der Waals surface area contributed by atoms with Gasteiger partial charge in [-0.1, -0.05) is 6.07 Å². The van der Waals surface area contributed by atoms with Crippen molar-refractivity contribution in [2.24, 2.45) is 0 Å². The summed E-state index contributed by atoms with van der Waals surface area (Å²) >= 11 is 0. The second-order valence-electron chi connectivity index (χ2n) is 4.10. The van der Waals surface area contributed by atoms with Crippen LogP contribution in [0.2, 0.25) is 0 Å². The van der Waals surface area contributed by atoms with Gasteiger partial charge in [-0.3, -0.25) is 4.79 Å². The number of amides is 1. The fourth-order valence-corrected chi connectivity index (χ4v) is 1.46. The summed E-state index contributed by atoms with van der Waals surface area (Å²) in [5, 5.41) is 2.49. The summed E-state index contributed by atoms with van der Waals surface area (Å²) in [6.07, 6.45) is 0.0697. The topological polar surface area (TPSA) is 64.6 Å². The molecule has 1 amide bonds. The highest BCUT2D eigenvalue weighted by Crippen LogP contribution is 2.11. The average molecular weight is 283 g/mol. The molecule has 1 atom stereocenters. The predicted octanol–water partition coefficient (Wildman–Crippen LogP) is 1.66. The molecule has 1 aromatic rings. The number of ether oxygens (including phenoxy) is 2. The molecule has 5 nitrogen and oxygen atoms in total. The molecule has 110 valence electrons. The summed E-state index contributed by atoms with van der Waals surface area (Å²) in [6.45, 7) is 3.61. The van der Waals surface area contributed by atoms with Crippen LogP contribution in [0.3, 0.4) is 0 Å². The second-order valence-corrected chi connectivity index (χ2v) is 4.10. The standard InChI is InChI=1S/C14H18FNO4/c1-3-19-14(18)10(2)16-13(17)7-8-20-12-6-4-5-11(15)9-12/h4-6,9-10H,3,7-8H2,1-2H3,(H,16,17). The number of esters is 1. The lowest BCUT2D eigenvalue weighted by atomic mass is 10.3. The number of carbonyl (C=O) groups excluding carboxylic acids is 2. The van der Waals surface area contributed by atoms with Crippen LogP contribution in [-0.2, 0) is 14.3 Å². The van der Waals surface area contributed by atoms with Crippen LogP contribution in [-0.4, -0.2) is 31.1 Å². The van der Waals surface area contributed by atoms with E-state index in [4.69, 9.17) is 9.47 Å².